The summed E-state index contributed by atoms with van der Waals surface area (Å²) in [5, 5.41) is 3.34. The van der Waals surface area contributed by atoms with E-state index in [-0.39, 0.29) is 11.5 Å². The summed E-state index contributed by atoms with van der Waals surface area (Å²) in [6.45, 7) is 6.87. The zero-order valence-electron chi connectivity index (χ0n) is 12.8. The minimum Gasteiger partial charge on any atom is -0.496 e. The third-order valence-electron chi connectivity index (χ3n) is 3.65. The zero-order valence-corrected chi connectivity index (χ0v) is 12.8. The lowest BCUT2D eigenvalue weighted by Gasteiger charge is -2.34. The molecule has 0 saturated carbocycles. The van der Waals surface area contributed by atoms with Crippen molar-refractivity contribution in [3.63, 3.8) is 0 Å². The fourth-order valence-electron chi connectivity index (χ4n) is 2.38. The van der Waals surface area contributed by atoms with E-state index < -0.39 is 0 Å². The maximum atomic E-state index is 5.90. The number of ether oxygens (including phenoxy) is 2. The van der Waals surface area contributed by atoms with Crippen molar-refractivity contribution in [3.05, 3.63) is 23.3 Å². The molecule has 1 rings (SSSR count). The molecule has 3 N–H and O–H groups in total. The van der Waals surface area contributed by atoms with Gasteiger partial charge in [-0.05, 0) is 43.6 Å². The molecule has 0 aromatic heterocycles. The van der Waals surface area contributed by atoms with Crippen LogP contribution < -0.4 is 20.5 Å². The standard InChI is InChI=1S/C15H26N2O2/c1-10-7-13(19-6)11(8-12(10)18-5)14(17-4)15(2,3)9-16/h7-8,14,17H,9,16H2,1-6H3. The molecule has 19 heavy (non-hydrogen) atoms. The van der Waals surface area contributed by atoms with Crippen LogP contribution in [0.15, 0.2) is 12.1 Å². The molecular weight excluding hydrogens is 240 g/mol. The van der Waals surface area contributed by atoms with Gasteiger partial charge in [-0.3, -0.25) is 0 Å². The fraction of sp³-hybridized carbons (Fsp3) is 0.600. The first-order chi connectivity index (χ1) is 8.91. The lowest BCUT2D eigenvalue weighted by molar-refractivity contribution is 0.257. The van der Waals surface area contributed by atoms with Crippen molar-refractivity contribution in [3.8, 4) is 11.5 Å². The van der Waals surface area contributed by atoms with Gasteiger partial charge in [-0.2, -0.15) is 0 Å². The molecule has 0 saturated heterocycles. The predicted octanol–water partition coefficient (Wildman–Crippen LogP) is 2.26. The Morgan fingerprint density at radius 2 is 1.79 bits per heavy atom. The molecule has 0 bridgehead atoms. The molecule has 0 radical (unpaired) electrons. The molecule has 0 aliphatic heterocycles. The maximum Gasteiger partial charge on any atom is 0.124 e. The van der Waals surface area contributed by atoms with Gasteiger partial charge in [-0.1, -0.05) is 13.8 Å². The molecule has 0 heterocycles. The van der Waals surface area contributed by atoms with E-state index in [1.165, 1.54) is 0 Å². The molecule has 0 aliphatic carbocycles. The maximum absolute atomic E-state index is 5.90. The Kier molecular flexibility index (Phi) is 5.20. The van der Waals surface area contributed by atoms with Crippen LogP contribution in [-0.2, 0) is 0 Å². The Balaban J connectivity index is 3.37. The second-order valence-electron chi connectivity index (χ2n) is 5.48. The number of methoxy groups -OCH3 is 2. The van der Waals surface area contributed by atoms with Crippen LogP contribution in [0.4, 0.5) is 0 Å². The van der Waals surface area contributed by atoms with E-state index in [0.717, 1.165) is 22.6 Å². The summed E-state index contributed by atoms with van der Waals surface area (Å²) >= 11 is 0. The van der Waals surface area contributed by atoms with Crippen molar-refractivity contribution in [1.82, 2.24) is 5.32 Å². The first kappa shape index (κ1) is 15.8. The molecule has 1 aromatic carbocycles. The highest BCUT2D eigenvalue weighted by atomic mass is 16.5. The highest BCUT2D eigenvalue weighted by molar-refractivity contribution is 5.48. The van der Waals surface area contributed by atoms with E-state index in [9.17, 15) is 0 Å². The molecule has 0 fully saturated rings. The van der Waals surface area contributed by atoms with Crippen LogP contribution in [0.3, 0.4) is 0 Å². The Morgan fingerprint density at radius 1 is 1.21 bits per heavy atom. The number of rotatable bonds is 6. The van der Waals surface area contributed by atoms with Gasteiger partial charge < -0.3 is 20.5 Å². The summed E-state index contributed by atoms with van der Waals surface area (Å²) in [6, 6.07) is 4.14. The summed E-state index contributed by atoms with van der Waals surface area (Å²) in [6.07, 6.45) is 0. The minimum absolute atomic E-state index is 0.0811. The highest BCUT2D eigenvalue weighted by Crippen LogP contribution is 2.39. The average Bonchev–Trinajstić information content (AvgIpc) is 2.40. The molecule has 1 aromatic rings. The van der Waals surface area contributed by atoms with Gasteiger partial charge in [0.1, 0.15) is 11.5 Å². The van der Waals surface area contributed by atoms with E-state index in [2.05, 4.69) is 19.2 Å². The Morgan fingerprint density at radius 3 is 2.21 bits per heavy atom. The molecule has 108 valence electrons. The van der Waals surface area contributed by atoms with Crippen LogP contribution >= 0.6 is 0 Å². The third kappa shape index (κ3) is 3.19. The van der Waals surface area contributed by atoms with Gasteiger partial charge >= 0.3 is 0 Å². The number of nitrogens with two attached hydrogens (primary N) is 1. The predicted molar refractivity (Wildman–Crippen MR) is 78.9 cm³/mol. The largest absolute Gasteiger partial charge is 0.496 e. The first-order valence-corrected chi connectivity index (χ1v) is 6.51. The third-order valence-corrected chi connectivity index (χ3v) is 3.65. The lowest BCUT2D eigenvalue weighted by atomic mass is 9.80. The molecule has 4 nitrogen and oxygen atoms in total. The normalized spacial score (nSPS) is 13.2. The van der Waals surface area contributed by atoms with Gasteiger partial charge in [-0.15, -0.1) is 0 Å². The quantitative estimate of drug-likeness (QED) is 0.829. The van der Waals surface area contributed by atoms with Crippen LogP contribution in [0.5, 0.6) is 11.5 Å². The number of hydrogen-bond acceptors (Lipinski definition) is 4. The molecule has 4 heteroatoms. The molecular formula is C15H26N2O2. The van der Waals surface area contributed by atoms with E-state index in [1.807, 2.05) is 26.1 Å². The molecule has 0 amide bonds. The van der Waals surface area contributed by atoms with Crippen molar-refractivity contribution in [2.45, 2.75) is 26.8 Å². The van der Waals surface area contributed by atoms with E-state index in [1.54, 1.807) is 14.2 Å². The number of nitrogens with one attached hydrogen (secondary N) is 1. The average molecular weight is 266 g/mol. The summed E-state index contributed by atoms with van der Waals surface area (Å²) < 4.78 is 10.9. The van der Waals surface area contributed by atoms with Gasteiger partial charge in [0.15, 0.2) is 0 Å². The number of aryl methyl sites for hydroxylation is 1. The van der Waals surface area contributed by atoms with Crippen LogP contribution in [0.2, 0.25) is 0 Å². The fourth-order valence-corrected chi connectivity index (χ4v) is 2.38. The second-order valence-corrected chi connectivity index (χ2v) is 5.48. The summed E-state index contributed by atoms with van der Waals surface area (Å²) in [7, 11) is 5.31. The molecule has 1 atom stereocenters. The van der Waals surface area contributed by atoms with Crippen molar-refractivity contribution in [2.75, 3.05) is 27.8 Å². The monoisotopic (exact) mass is 266 g/mol. The van der Waals surface area contributed by atoms with Gasteiger partial charge in [0, 0.05) is 11.6 Å². The number of benzene rings is 1. The molecule has 0 spiro atoms. The van der Waals surface area contributed by atoms with Gasteiger partial charge in [0.05, 0.1) is 14.2 Å². The van der Waals surface area contributed by atoms with Gasteiger partial charge in [0.2, 0.25) is 0 Å². The topological polar surface area (TPSA) is 56.5 Å². The SMILES string of the molecule is CNC(c1cc(OC)c(C)cc1OC)C(C)(C)CN. The van der Waals surface area contributed by atoms with E-state index in [4.69, 9.17) is 15.2 Å². The minimum atomic E-state index is -0.0811. The van der Waals surface area contributed by atoms with Crippen LogP contribution in [-0.4, -0.2) is 27.8 Å². The van der Waals surface area contributed by atoms with E-state index >= 15 is 0 Å². The Hall–Kier alpha value is -1.26. The molecule has 0 aliphatic rings. The van der Waals surface area contributed by atoms with Crippen LogP contribution in [0.1, 0.15) is 31.0 Å². The highest BCUT2D eigenvalue weighted by Gasteiger charge is 2.31. The molecule has 1 unspecified atom stereocenters. The summed E-state index contributed by atoms with van der Waals surface area (Å²) in [5.74, 6) is 1.73. The van der Waals surface area contributed by atoms with Gasteiger partial charge in [0.25, 0.3) is 0 Å². The van der Waals surface area contributed by atoms with Crippen LogP contribution in [0.25, 0.3) is 0 Å². The number of hydrogen-bond donors (Lipinski definition) is 2. The van der Waals surface area contributed by atoms with Crippen molar-refractivity contribution in [1.29, 1.82) is 0 Å². The Bertz CT molecular complexity index is 430. The first-order valence-electron chi connectivity index (χ1n) is 6.51. The second kappa shape index (κ2) is 6.26. The summed E-state index contributed by atoms with van der Waals surface area (Å²) in [4.78, 5) is 0. The smallest absolute Gasteiger partial charge is 0.124 e. The summed E-state index contributed by atoms with van der Waals surface area (Å²) in [5.41, 5.74) is 7.95. The van der Waals surface area contributed by atoms with Gasteiger partial charge in [-0.25, -0.2) is 0 Å². The lowest BCUT2D eigenvalue weighted by Crippen LogP contribution is -2.38. The Labute approximate surface area is 116 Å². The van der Waals surface area contributed by atoms with Crippen molar-refractivity contribution >= 4 is 0 Å². The van der Waals surface area contributed by atoms with Crippen molar-refractivity contribution in [2.24, 2.45) is 11.1 Å². The van der Waals surface area contributed by atoms with E-state index in [0.29, 0.717) is 6.54 Å². The zero-order chi connectivity index (χ0) is 14.6. The van der Waals surface area contributed by atoms with Crippen molar-refractivity contribution < 1.29 is 9.47 Å². The van der Waals surface area contributed by atoms with Crippen LogP contribution in [0, 0.1) is 12.3 Å².